The van der Waals surface area contributed by atoms with Gasteiger partial charge >= 0.3 is 11.4 Å². The van der Waals surface area contributed by atoms with Gasteiger partial charge in [0.2, 0.25) is 11.5 Å². The molecular formula is C22H20N2O6. The van der Waals surface area contributed by atoms with Gasteiger partial charge in [-0.2, -0.15) is 0 Å². The molecule has 0 aliphatic carbocycles. The van der Waals surface area contributed by atoms with Crippen LogP contribution < -0.4 is 9.47 Å². The number of aryl methyl sites for hydroxylation is 4. The van der Waals surface area contributed by atoms with Crippen LogP contribution in [0.3, 0.4) is 0 Å². The molecule has 0 atom stereocenters. The van der Waals surface area contributed by atoms with E-state index < -0.39 is 21.2 Å². The van der Waals surface area contributed by atoms with Crippen LogP contribution in [0.15, 0.2) is 48.5 Å². The third-order valence-electron chi connectivity index (χ3n) is 4.68. The third-order valence-corrected chi connectivity index (χ3v) is 4.68. The van der Waals surface area contributed by atoms with E-state index in [1.807, 2.05) is 64.1 Å². The molecule has 0 amide bonds. The van der Waals surface area contributed by atoms with E-state index in [2.05, 4.69) is 0 Å². The van der Waals surface area contributed by atoms with E-state index in [1.54, 1.807) is 0 Å². The van der Waals surface area contributed by atoms with Crippen molar-refractivity contribution in [3.8, 4) is 23.0 Å². The molecule has 0 heterocycles. The summed E-state index contributed by atoms with van der Waals surface area (Å²) in [5, 5.41) is 23.2. The molecule has 154 valence electrons. The Balaban J connectivity index is 2.18. The zero-order valence-corrected chi connectivity index (χ0v) is 17.0. The average Bonchev–Trinajstić information content (AvgIpc) is 2.67. The molecule has 8 nitrogen and oxygen atoms in total. The van der Waals surface area contributed by atoms with Gasteiger partial charge in [0, 0.05) is 6.07 Å². The molecule has 0 aliphatic heterocycles. The Morgan fingerprint density at radius 1 is 0.633 bits per heavy atom. The number of nitrogens with zero attached hydrogens (tertiary/aromatic N) is 2. The molecule has 0 unspecified atom stereocenters. The minimum Gasteiger partial charge on any atom is -0.449 e. The van der Waals surface area contributed by atoms with Gasteiger partial charge in [-0.15, -0.1) is 0 Å². The van der Waals surface area contributed by atoms with Crippen molar-refractivity contribution in [2.75, 3.05) is 0 Å². The second kappa shape index (κ2) is 8.20. The molecule has 3 aromatic rings. The minimum absolute atomic E-state index is 0.135. The second-order valence-electron chi connectivity index (χ2n) is 6.95. The first kappa shape index (κ1) is 20.8. The molecule has 8 heteroatoms. The quantitative estimate of drug-likeness (QED) is 0.349. The lowest BCUT2D eigenvalue weighted by Crippen LogP contribution is -2.01. The van der Waals surface area contributed by atoms with Crippen LogP contribution >= 0.6 is 0 Å². The van der Waals surface area contributed by atoms with E-state index in [-0.39, 0.29) is 11.5 Å². The Morgan fingerprint density at radius 2 is 0.967 bits per heavy atom. The molecule has 0 radical (unpaired) electrons. The van der Waals surface area contributed by atoms with E-state index in [9.17, 15) is 20.2 Å². The van der Waals surface area contributed by atoms with Gasteiger partial charge < -0.3 is 9.47 Å². The Kier molecular flexibility index (Phi) is 5.68. The maximum Gasteiger partial charge on any atom is 0.318 e. The summed E-state index contributed by atoms with van der Waals surface area (Å²) in [6.07, 6.45) is 0. The molecule has 0 saturated carbocycles. The zero-order chi connectivity index (χ0) is 22.0. The van der Waals surface area contributed by atoms with Gasteiger partial charge in [-0.3, -0.25) is 20.2 Å². The highest BCUT2D eigenvalue weighted by molar-refractivity contribution is 5.64. The molecule has 3 rings (SSSR count). The molecule has 0 N–H and O–H groups in total. The van der Waals surface area contributed by atoms with Crippen molar-refractivity contribution in [2.45, 2.75) is 27.7 Å². The molecule has 3 aromatic carbocycles. The fourth-order valence-corrected chi connectivity index (χ4v) is 3.13. The van der Waals surface area contributed by atoms with Gasteiger partial charge in [0.15, 0.2) is 0 Å². The van der Waals surface area contributed by atoms with Crippen LogP contribution in [0.1, 0.15) is 22.3 Å². The van der Waals surface area contributed by atoms with Crippen LogP contribution in [0.4, 0.5) is 11.4 Å². The number of para-hydroxylation sites is 2. The van der Waals surface area contributed by atoms with Crippen LogP contribution in [-0.2, 0) is 0 Å². The number of benzene rings is 3. The average molecular weight is 408 g/mol. The minimum atomic E-state index is -0.710. The lowest BCUT2D eigenvalue weighted by atomic mass is 10.1. The molecule has 0 fully saturated rings. The van der Waals surface area contributed by atoms with E-state index in [0.717, 1.165) is 28.3 Å². The summed E-state index contributed by atoms with van der Waals surface area (Å²) in [4.78, 5) is 21.8. The number of nitro benzene ring substituents is 2. The Morgan fingerprint density at radius 3 is 1.27 bits per heavy atom. The standard InChI is InChI=1S/C22H20N2O6/c1-13-7-5-8-14(2)21(13)29-19-12-20(18(24(27)28)11-17(19)23(25)26)30-22-15(3)9-6-10-16(22)4/h5-12H,1-4H3. The second-order valence-corrected chi connectivity index (χ2v) is 6.95. The number of hydrogen-bond acceptors (Lipinski definition) is 6. The number of rotatable bonds is 6. The summed E-state index contributed by atoms with van der Waals surface area (Å²) in [7, 11) is 0. The SMILES string of the molecule is Cc1cccc(C)c1Oc1cc(Oc2c(C)cccc2C)c([N+](=O)[O-])cc1[N+](=O)[O-]. The lowest BCUT2D eigenvalue weighted by molar-refractivity contribution is -0.395. The topological polar surface area (TPSA) is 105 Å². The van der Waals surface area contributed by atoms with Crippen molar-refractivity contribution in [1.82, 2.24) is 0 Å². The fraction of sp³-hybridized carbons (Fsp3) is 0.182. The summed E-state index contributed by atoms with van der Waals surface area (Å²) < 4.78 is 11.7. The fourth-order valence-electron chi connectivity index (χ4n) is 3.13. The normalized spacial score (nSPS) is 10.5. The van der Waals surface area contributed by atoms with E-state index in [4.69, 9.17) is 9.47 Å². The van der Waals surface area contributed by atoms with Gasteiger partial charge in [-0.25, -0.2) is 0 Å². The summed E-state index contributed by atoms with van der Waals surface area (Å²) in [6, 6.07) is 13.0. The number of ether oxygens (including phenoxy) is 2. The van der Waals surface area contributed by atoms with Gasteiger partial charge in [0.05, 0.1) is 9.85 Å². The van der Waals surface area contributed by atoms with Crippen molar-refractivity contribution in [1.29, 1.82) is 0 Å². The molecule has 0 aliphatic rings. The van der Waals surface area contributed by atoms with Crippen LogP contribution in [0.25, 0.3) is 0 Å². The largest absolute Gasteiger partial charge is 0.449 e. The predicted molar refractivity (Wildman–Crippen MR) is 112 cm³/mol. The Hall–Kier alpha value is -3.94. The lowest BCUT2D eigenvalue weighted by Gasteiger charge is -2.15. The summed E-state index contributed by atoms with van der Waals surface area (Å²) in [5.41, 5.74) is 2.08. The maximum absolute atomic E-state index is 11.6. The van der Waals surface area contributed by atoms with Gasteiger partial charge in [0.25, 0.3) is 0 Å². The summed E-state index contributed by atoms with van der Waals surface area (Å²) in [6.45, 7) is 7.25. The maximum atomic E-state index is 11.6. The summed E-state index contributed by atoms with van der Waals surface area (Å²) >= 11 is 0. The predicted octanol–water partition coefficient (Wildman–Crippen LogP) is 6.32. The third kappa shape index (κ3) is 4.07. The molecular weight excluding hydrogens is 388 g/mol. The van der Waals surface area contributed by atoms with Crippen molar-refractivity contribution in [2.24, 2.45) is 0 Å². The summed E-state index contributed by atoms with van der Waals surface area (Å²) in [5.74, 6) is 0.633. The van der Waals surface area contributed by atoms with Crippen molar-refractivity contribution < 1.29 is 19.3 Å². The smallest absolute Gasteiger partial charge is 0.318 e. The first-order chi connectivity index (χ1) is 14.2. The highest BCUT2D eigenvalue weighted by Crippen LogP contribution is 2.44. The molecule has 30 heavy (non-hydrogen) atoms. The Labute approximate surface area is 173 Å². The van der Waals surface area contributed by atoms with Crippen LogP contribution in [-0.4, -0.2) is 9.85 Å². The van der Waals surface area contributed by atoms with Crippen LogP contribution in [0.5, 0.6) is 23.0 Å². The highest BCUT2D eigenvalue weighted by Gasteiger charge is 2.28. The monoisotopic (exact) mass is 408 g/mol. The first-order valence-electron chi connectivity index (χ1n) is 9.14. The van der Waals surface area contributed by atoms with Crippen LogP contribution in [0, 0.1) is 47.9 Å². The van der Waals surface area contributed by atoms with Crippen LogP contribution in [0.2, 0.25) is 0 Å². The van der Waals surface area contributed by atoms with E-state index in [1.165, 1.54) is 6.07 Å². The molecule has 0 aromatic heterocycles. The number of hydrogen-bond donors (Lipinski definition) is 0. The van der Waals surface area contributed by atoms with Gasteiger partial charge in [-0.1, -0.05) is 36.4 Å². The van der Waals surface area contributed by atoms with E-state index in [0.29, 0.717) is 11.5 Å². The molecule has 0 saturated heterocycles. The van der Waals surface area contributed by atoms with Crippen molar-refractivity contribution in [3.05, 3.63) is 91.0 Å². The van der Waals surface area contributed by atoms with E-state index >= 15 is 0 Å². The molecule has 0 spiro atoms. The van der Waals surface area contributed by atoms with Crippen molar-refractivity contribution >= 4 is 11.4 Å². The first-order valence-corrected chi connectivity index (χ1v) is 9.14. The van der Waals surface area contributed by atoms with Crippen molar-refractivity contribution in [3.63, 3.8) is 0 Å². The van der Waals surface area contributed by atoms with Gasteiger partial charge in [0.1, 0.15) is 17.6 Å². The molecule has 0 bridgehead atoms. The zero-order valence-electron chi connectivity index (χ0n) is 17.0. The Bertz CT molecular complexity index is 1030. The van der Waals surface area contributed by atoms with Gasteiger partial charge in [-0.05, 0) is 49.9 Å². The highest BCUT2D eigenvalue weighted by atomic mass is 16.6. The number of nitro groups is 2.